The molecule has 0 saturated heterocycles. The Kier molecular flexibility index (Phi) is 4.41. The van der Waals surface area contributed by atoms with E-state index in [1.807, 2.05) is 0 Å². The van der Waals surface area contributed by atoms with Crippen molar-refractivity contribution in [2.45, 2.75) is 19.7 Å². The lowest BCUT2D eigenvalue weighted by Crippen LogP contribution is -2.26. The molecule has 0 aromatic heterocycles. The highest BCUT2D eigenvalue weighted by molar-refractivity contribution is 5.92. The molecule has 0 aliphatic heterocycles. The first kappa shape index (κ1) is 14.1. The maximum absolute atomic E-state index is 12.1. The Balaban J connectivity index is 3.13. The van der Waals surface area contributed by atoms with Crippen LogP contribution in [0.1, 0.15) is 23.7 Å². The molecular formula is C11H10F3O4-. The molecule has 100 valence electrons. The average Bonchev–Trinajstić information content (AvgIpc) is 2.23. The van der Waals surface area contributed by atoms with Gasteiger partial charge in [0.15, 0.2) is 0 Å². The number of benzene rings is 1. The van der Waals surface area contributed by atoms with Gasteiger partial charge in [0.05, 0.1) is 18.1 Å². The smallest absolute Gasteiger partial charge is 0.545 e. The summed E-state index contributed by atoms with van der Waals surface area (Å²) in [5.74, 6) is -2.85. The highest BCUT2D eigenvalue weighted by Crippen LogP contribution is 2.32. The van der Waals surface area contributed by atoms with Crippen LogP contribution in [-0.2, 0) is 0 Å². The number of alkyl halides is 3. The van der Waals surface area contributed by atoms with E-state index in [9.17, 15) is 23.1 Å². The van der Waals surface area contributed by atoms with Gasteiger partial charge in [0.2, 0.25) is 0 Å². The van der Waals surface area contributed by atoms with E-state index in [0.29, 0.717) is 6.42 Å². The second-order valence-corrected chi connectivity index (χ2v) is 3.31. The fraction of sp³-hybridized carbons (Fsp3) is 0.364. The third kappa shape index (κ3) is 3.83. The number of carbonyl (C=O) groups is 1. The molecule has 0 fully saturated rings. The average molecular weight is 263 g/mol. The van der Waals surface area contributed by atoms with E-state index in [2.05, 4.69) is 4.74 Å². The lowest BCUT2D eigenvalue weighted by atomic mass is 10.2. The van der Waals surface area contributed by atoms with E-state index in [1.165, 1.54) is 12.1 Å². The van der Waals surface area contributed by atoms with Crippen molar-refractivity contribution >= 4 is 5.97 Å². The third-order valence-corrected chi connectivity index (χ3v) is 1.88. The molecule has 0 spiro atoms. The Morgan fingerprint density at radius 3 is 2.44 bits per heavy atom. The van der Waals surface area contributed by atoms with Crippen molar-refractivity contribution < 1.29 is 32.5 Å². The Bertz CT molecular complexity index is 429. The van der Waals surface area contributed by atoms with E-state index < -0.39 is 23.6 Å². The van der Waals surface area contributed by atoms with Gasteiger partial charge in [-0.15, -0.1) is 13.2 Å². The van der Waals surface area contributed by atoms with Crippen molar-refractivity contribution in [3.05, 3.63) is 23.8 Å². The summed E-state index contributed by atoms with van der Waals surface area (Å²) < 4.78 is 44.9. The van der Waals surface area contributed by atoms with Gasteiger partial charge in [0.1, 0.15) is 11.5 Å². The van der Waals surface area contributed by atoms with Gasteiger partial charge in [-0.2, -0.15) is 0 Å². The summed E-state index contributed by atoms with van der Waals surface area (Å²) in [6.45, 7) is 1.95. The molecule has 0 N–H and O–H groups in total. The maximum atomic E-state index is 12.1. The topological polar surface area (TPSA) is 58.6 Å². The highest BCUT2D eigenvalue weighted by atomic mass is 19.4. The predicted octanol–water partition coefficient (Wildman–Crippen LogP) is 1.74. The largest absolute Gasteiger partial charge is 0.573 e. The summed E-state index contributed by atoms with van der Waals surface area (Å²) in [5.41, 5.74) is -0.747. The first-order valence-corrected chi connectivity index (χ1v) is 5.08. The standard InChI is InChI=1S/C11H11F3O4/c1-2-6-17-7-4-3-5-8(9(7)10(15)16)18-11(12,13)14/h3-5H,2,6H2,1H3,(H,15,16)/p-1. The fourth-order valence-corrected chi connectivity index (χ4v) is 1.25. The molecule has 0 radical (unpaired) electrons. The molecule has 0 heterocycles. The zero-order chi connectivity index (χ0) is 13.8. The summed E-state index contributed by atoms with van der Waals surface area (Å²) in [5, 5.41) is 10.9. The SMILES string of the molecule is CCCOc1cccc(OC(F)(F)F)c1C(=O)[O-]. The van der Waals surface area contributed by atoms with Gasteiger partial charge in [-0.05, 0) is 18.6 Å². The van der Waals surface area contributed by atoms with Crippen molar-refractivity contribution in [1.82, 2.24) is 0 Å². The van der Waals surface area contributed by atoms with Crippen LogP contribution in [-0.4, -0.2) is 18.9 Å². The van der Waals surface area contributed by atoms with Gasteiger partial charge in [-0.1, -0.05) is 13.0 Å². The lowest BCUT2D eigenvalue weighted by molar-refractivity contribution is -0.276. The van der Waals surface area contributed by atoms with Gasteiger partial charge in [0.25, 0.3) is 0 Å². The van der Waals surface area contributed by atoms with E-state index in [4.69, 9.17) is 4.74 Å². The monoisotopic (exact) mass is 263 g/mol. The van der Waals surface area contributed by atoms with Crippen LogP contribution in [0.15, 0.2) is 18.2 Å². The number of carboxylic acid groups (broad SMARTS) is 1. The van der Waals surface area contributed by atoms with E-state index in [1.54, 1.807) is 6.92 Å². The molecule has 0 saturated carbocycles. The van der Waals surface area contributed by atoms with Crippen LogP contribution >= 0.6 is 0 Å². The molecule has 7 heteroatoms. The van der Waals surface area contributed by atoms with Crippen LogP contribution in [0.4, 0.5) is 13.2 Å². The zero-order valence-corrected chi connectivity index (χ0v) is 9.41. The van der Waals surface area contributed by atoms with E-state index in [-0.39, 0.29) is 12.4 Å². The molecule has 1 aromatic rings. The Labute approximate surface area is 101 Å². The van der Waals surface area contributed by atoms with Crippen molar-refractivity contribution in [2.75, 3.05) is 6.61 Å². The molecule has 0 unspecified atom stereocenters. The number of halogens is 3. The number of carboxylic acids is 1. The van der Waals surface area contributed by atoms with Gasteiger partial charge < -0.3 is 19.4 Å². The van der Waals surface area contributed by atoms with Crippen LogP contribution < -0.4 is 14.6 Å². The molecule has 0 amide bonds. The minimum absolute atomic E-state index is 0.176. The van der Waals surface area contributed by atoms with Gasteiger partial charge >= 0.3 is 6.36 Å². The highest BCUT2D eigenvalue weighted by Gasteiger charge is 2.32. The molecule has 0 aliphatic carbocycles. The van der Waals surface area contributed by atoms with Crippen molar-refractivity contribution in [3.63, 3.8) is 0 Å². The van der Waals surface area contributed by atoms with E-state index >= 15 is 0 Å². The third-order valence-electron chi connectivity index (χ3n) is 1.88. The summed E-state index contributed by atoms with van der Waals surface area (Å²) in [4.78, 5) is 10.9. The molecule has 18 heavy (non-hydrogen) atoms. The number of hydrogen-bond donors (Lipinski definition) is 0. The number of rotatable bonds is 5. The van der Waals surface area contributed by atoms with Crippen molar-refractivity contribution in [1.29, 1.82) is 0 Å². The van der Waals surface area contributed by atoms with Gasteiger partial charge in [-0.3, -0.25) is 0 Å². The molecule has 0 bridgehead atoms. The zero-order valence-electron chi connectivity index (χ0n) is 9.41. The lowest BCUT2D eigenvalue weighted by Gasteiger charge is -2.17. The maximum Gasteiger partial charge on any atom is 0.573 e. The molecular weight excluding hydrogens is 253 g/mol. The first-order chi connectivity index (χ1) is 8.35. The first-order valence-electron chi connectivity index (χ1n) is 5.08. The number of aromatic carboxylic acids is 1. The van der Waals surface area contributed by atoms with Gasteiger partial charge in [-0.25, -0.2) is 0 Å². The van der Waals surface area contributed by atoms with Crippen molar-refractivity contribution in [2.24, 2.45) is 0 Å². The quantitative estimate of drug-likeness (QED) is 0.811. The summed E-state index contributed by atoms with van der Waals surface area (Å²) in [6, 6.07) is 3.33. The van der Waals surface area contributed by atoms with Crippen molar-refractivity contribution in [3.8, 4) is 11.5 Å². The molecule has 4 nitrogen and oxygen atoms in total. The minimum Gasteiger partial charge on any atom is -0.545 e. The van der Waals surface area contributed by atoms with Crippen LogP contribution in [0.2, 0.25) is 0 Å². The van der Waals surface area contributed by atoms with Crippen LogP contribution in [0.5, 0.6) is 11.5 Å². The number of hydrogen-bond acceptors (Lipinski definition) is 4. The normalized spacial score (nSPS) is 11.1. The Hall–Kier alpha value is -1.92. The van der Waals surface area contributed by atoms with Crippen LogP contribution in [0.25, 0.3) is 0 Å². The van der Waals surface area contributed by atoms with Crippen LogP contribution in [0, 0.1) is 0 Å². The fourth-order valence-electron chi connectivity index (χ4n) is 1.25. The molecule has 0 atom stereocenters. The summed E-state index contributed by atoms with van der Waals surface area (Å²) in [6.07, 6.45) is -4.40. The van der Waals surface area contributed by atoms with Gasteiger partial charge in [0, 0.05) is 0 Å². The predicted molar refractivity (Wildman–Crippen MR) is 53.2 cm³/mol. The number of carbonyl (C=O) groups excluding carboxylic acids is 1. The van der Waals surface area contributed by atoms with E-state index in [0.717, 1.165) is 6.07 Å². The summed E-state index contributed by atoms with van der Waals surface area (Å²) >= 11 is 0. The Morgan fingerprint density at radius 1 is 1.33 bits per heavy atom. The van der Waals surface area contributed by atoms with Crippen LogP contribution in [0.3, 0.4) is 0 Å². The summed E-state index contributed by atoms with van der Waals surface area (Å²) in [7, 11) is 0. The molecule has 1 rings (SSSR count). The second kappa shape index (κ2) is 5.61. The second-order valence-electron chi connectivity index (χ2n) is 3.31. The molecule has 1 aromatic carbocycles. The Morgan fingerprint density at radius 2 is 1.94 bits per heavy atom. The minimum atomic E-state index is -4.98. The number of ether oxygens (including phenoxy) is 2. The molecule has 0 aliphatic rings.